The van der Waals surface area contributed by atoms with E-state index in [0.717, 1.165) is 117 Å². The SMILES string of the molecule is COCCOC(=O)CCC1CCC(N(C2CCC(C3CCCS3)CC2)C2CCC(C3CCC(C4CCC(C5CCC(N(C6CCC(CCC(C)=O)CC6)C6CCC(C7CCCS7)CC6)CC5)S4)S3)CC2)CC1. The summed E-state index contributed by atoms with van der Waals surface area (Å²) in [5.41, 5.74) is 0. The van der Waals surface area contributed by atoms with Crippen molar-refractivity contribution in [3.05, 3.63) is 0 Å². The van der Waals surface area contributed by atoms with E-state index in [-0.39, 0.29) is 5.97 Å². The van der Waals surface area contributed by atoms with Gasteiger partial charge in [0, 0.05) is 87.7 Å². The fraction of sp³-hybridized carbons (Fsp3) is 0.968. The van der Waals surface area contributed by atoms with Gasteiger partial charge in [0.05, 0.1) is 6.61 Å². The number of hydrogen-bond acceptors (Lipinski definition) is 10. The molecule has 410 valence electrons. The maximum absolute atomic E-state index is 12.4. The zero-order valence-corrected chi connectivity index (χ0v) is 49.1. The van der Waals surface area contributed by atoms with E-state index in [2.05, 4.69) is 56.8 Å². The lowest BCUT2D eigenvalue weighted by atomic mass is 9.76. The number of ketones is 1. The van der Waals surface area contributed by atoms with Gasteiger partial charge in [-0.25, -0.2) is 0 Å². The molecule has 0 aromatic rings. The Morgan fingerprint density at radius 3 is 1.10 bits per heavy atom. The fourth-order valence-corrected chi connectivity index (χ4v) is 25.0. The molecule has 4 heterocycles. The second-order valence-corrected chi connectivity index (χ2v) is 31.9. The molecule has 10 aliphatic rings. The van der Waals surface area contributed by atoms with Gasteiger partial charge in [-0.2, -0.15) is 47.0 Å². The van der Waals surface area contributed by atoms with E-state index in [9.17, 15) is 9.59 Å². The van der Waals surface area contributed by atoms with Gasteiger partial charge in [-0.05, 0) is 272 Å². The number of Topliss-reactive ketones (excluding diaryl/α,β-unsaturated/α-hetero) is 1. The Balaban J connectivity index is 0.681. The fourth-order valence-electron chi connectivity index (χ4n) is 17.9. The zero-order chi connectivity index (χ0) is 49.2. The minimum Gasteiger partial charge on any atom is -0.463 e. The number of rotatable bonds is 20. The number of esters is 1. The molecule has 4 saturated heterocycles. The van der Waals surface area contributed by atoms with Gasteiger partial charge in [0.1, 0.15) is 12.4 Å². The average Bonchev–Trinajstić information content (AvgIpc) is 4.29. The first kappa shape index (κ1) is 55.7. The van der Waals surface area contributed by atoms with Crippen LogP contribution in [0.4, 0.5) is 0 Å². The largest absolute Gasteiger partial charge is 0.463 e. The topological polar surface area (TPSA) is 59.1 Å². The van der Waals surface area contributed by atoms with Crippen LogP contribution in [0.5, 0.6) is 0 Å². The summed E-state index contributed by atoms with van der Waals surface area (Å²) in [4.78, 5) is 30.7. The molecule has 6 nitrogen and oxygen atoms in total. The van der Waals surface area contributed by atoms with Gasteiger partial charge in [0.15, 0.2) is 0 Å². The lowest BCUT2D eigenvalue weighted by Gasteiger charge is -2.50. The number of ether oxygens (including phenoxy) is 2. The van der Waals surface area contributed by atoms with Crippen molar-refractivity contribution < 1.29 is 19.1 Å². The van der Waals surface area contributed by atoms with Crippen molar-refractivity contribution in [3.8, 4) is 0 Å². The number of thioether (sulfide) groups is 4. The molecule has 10 rings (SSSR count). The molecule has 0 bridgehead atoms. The number of carbonyl (C=O) groups is 2. The minimum atomic E-state index is -0.0359. The third-order valence-corrected chi connectivity index (χ3v) is 29.0. The Morgan fingerprint density at radius 2 is 0.750 bits per heavy atom. The molecule has 0 radical (unpaired) electrons. The molecule has 0 amide bonds. The Bertz CT molecular complexity index is 1610. The molecule has 10 fully saturated rings. The van der Waals surface area contributed by atoms with Crippen LogP contribution in [0, 0.1) is 35.5 Å². The molecule has 72 heavy (non-hydrogen) atoms. The van der Waals surface area contributed by atoms with Crippen LogP contribution in [0.25, 0.3) is 0 Å². The Labute approximate surface area is 458 Å². The summed E-state index contributed by atoms with van der Waals surface area (Å²) in [5, 5.41) is 5.58. The van der Waals surface area contributed by atoms with Gasteiger partial charge < -0.3 is 14.3 Å². The van der Waals surface area contributed by atoms with E-state index >= 15 is 0 Å². The van der Waals surface area contributed by atoms with Crippen molar-refractivity contribution >= 4 is 58.8 Å². The molecule has 6 aliphatic carbocycles. The first-order chi connectivity index (χ1) is 35.3. The van der Waals surface area contributed by atoms with Crippen LogP contribution in [0.15, 0.2) is 0 Å². The third kappa shape index (κ3) is 14.8. The monoisotopic (exact) mass is 1070 g/mol. The van der Waals surface area contributed by atoms with E-state index in [1.54, 1.807) is 14.0 Å². The van der Waals surface area contributed by atoms with E-state index in [0.29, 0.717) is 31.3 Å². The maximum Gasteiger partial charge on any atom is 0.305 e. The lowest BCUT2D eigenvalue weighted by molar-refractivity contribution is -0.145. The molecule has 4 aliphatic heterocycles. The molecular formula is C62H104N2O4S4. The first-order valence-corrected chi connectivity index (χ1v) is 35.6. The number of carbonyl (C=O) groups excluding carboxylic acids is 2. The van der Waals surface area contributed by atoms with Crippen LogP contribution < -0.4 is 0 Å². The third-order valence-electron chi connectivity index (χ3n) is 22.0. The minimum absolute atomic E-state index is 0.0359. The zero-order valence-electron chi connectivity index (χ0n) is 45.8. The maximum atomic E-state index is 12.4. The van der Waals surface area contributed by atoms with Crippen molar-refractivity contribution in [2.75, 3.05) is 31.8 Å². The van der Waals surface area contributed by atoms with Crippen molar-refractivity contribution in [2.45, 2.75) is 306 Å². The Hall–Kier alpha value is 0.420. The molecule has 0 N–H and O–H groups in total. The number of methoxy groups -OCH3 is 1. The molecular weight excluding hydrogens is 965 g/mol. The van der Waals surface area contributed by atoms with Crippen molar-refractivity contribution in [1.82, 2.24) is 9.80 Å². The lowest BCUT2D eigenvalue weighted by Crippen LogP contribution is -2.53. The summed E-state index contributed by atoms with van der Waals surface area (Å²) in [5.74, 6) is 8.51. The highest BCUT2D eigenvalue weighted by molar-refractivity contribution is 8.04. The van der Waals surface area contributed by atoms with E-state index in [1.807, 2.05) is 0 Å². The summed E-state index contributed by atoms with van der Waals surface area (Å²) in [6, 6.07) is 4.81. The molecule has 10 heteroatoms. The van der Waals surface area contributed by atoms with Crippen LogP contribution in [0.1, 0.15) is 238 Å². The quantitative estimate of drug-likeness (QED) is 0.0870. The van der Waals surface area contributed by atoms with Crippen LogP contribution in [0.3, 0.4) is 0 Å². The van der Waals surface area contributed by atoms with Crippen LogP contribution in [-0.4, -0.2) is 121 Å². The normalized spacial score (nSPS) is 42.3. The van der Waals surface area contributed by atoms with E-state index < -0.39 is 0 Å². The van der Waals surface area contributed by atoms with E-state index in [1.165, 1.54) is 217 Å². The average molecular weight is 1070 g/mol. The van der Waals surface area contributed by atoms with Crippen molar-refractivity contribution in [2.24, 2.45) is 35.5 Å². The van der Waals surface area contributed by atoms with Crippen LogP contribution in [-0.2, 0) is 19.1 Å². The summed E-state index contributed by atoms with van der Waals surface area (Å²) >= 11 is 9.62. The van der Waals surface area contributed by atoms with Gasteiger partial charge >= 0.3 is 5.97 Å². The highest BCUT2D eigenvalue weighted by Gasteiger charge is 2.46. The summed E-state index contributed by atoms with van der Waals surface area (Å²) in [7, 11) is 1.67. The van der Waals surface area contributed by atoms with Gasteiger partial charge in [0.2, 0.25) is 0 Å². The van der Waals surface area contributed by atoms with Gasteiger partial charge in [-0.3, -0.25) is 14.6 Å². The summed E-state index contributed by atoms with van der Waals surface area (Å²) in [6.45, 7) is 2.67. The molecule has 6 saturated carbocycles. The second kappa shape index (κ2) is 28.0. The van der Waals surface area contributed by atoms with Crippen molar-refractivity contribution in [3.63, 3.8) is 0 Å². The highest BCUT2D eigenvalue weighted by Crippen LogP contribution is 2.54. The van der Waals surface area contributed by atoms with Gasteiger partial charge in [-0.15, -0.1) is 0 Å². The molecule has 6 atom stereocenters. The smallest absolute Gasteiger partial charge is 0.305 e. The number of nitrogens with zero attached hydrogens (tertiary/aromatic N) is 2. The van der Waals surface area contributed by atoms with Crippen LogP contribution >= 0.6 is 47.0 Å². The number of hydrogen-bond donors (Lipinski definition) is 0. The highest BCUT2D eigenvalue weighted by atomic mass is 32.2. The van der Waals surface area contributed by atoms with Crippen LogP contribution in [0.2, 0.25) is 0 Å². The first-order valence-electron chi connectivity index (χ1n) is 31.6. The second-order valence-electron chi connectivity index (χ2n) is 26.2. The molecule has 0 aromatic carbocycles. The Kier molecular flexibility index (Phi) is 21.7. The Morgan fingerprint density at radius 1 is 0.403 bits per heavy atom. The van der Waals surface area contributed by atoms with Gasteiger partial charge in [0.25, 0.3) is 0 Å². The molecule has 0 aromatic heterocycles. The summed E-state index contributed by atoms with van der Waals surface area (Å²) in [6.07, 6.45) is 49.6. The molecule has 6 unspecified atom stereocenters. The summed E-state index contributed by atoms with van der Waals surface area (Å²) < 4.78 is 10.5. The molecule has 0 spiro atoms. The predicted octanol–water partition coefficient (Wildman–Crippen LogP) is 15.6. The van der Waals surface area contributed by atoms with Gasteiger partial charge in [-0.1, -0.05) is 0 Å². The van der Waals surface area contributed by atoms with Crippen molar-refractivity contribution in [1.29, 1.82) is 0 Å². The van der Waals surface area contributed by atoms with E-state index in [4.69, 9.17) is 9.47 Å². The standard InChI is InChI=1S/C62H104N2O4S4/c1-43(65)7-8-44-9-22-50(23-10-44)63(52-26-14-46(15-27-52)56-5-3-41-69-56)54-30-18-48(19-31-54)58-34-36-60(71-58)61-37-35-59(72-61)49-20-32-55(33-21-49)64(53-28-16-47(17-29-53)57-6-4-42-70-57)51-24-11-45(12-25-51)13-38-62(66)68-40-39-67-2/h44-61H,3-42H2,1-2H3. The predicted molar refractivity (Wildman–Crippen MR) is 310 cm³/mol.